The van der Waals surface area contributed by atoms with Crippen LogP contribution in [-0.2, 0) is 4.74 Å². The third kappa shape index (κ3) is 4.65. The van der Waals surface area contributed by atoms with Crippen molar-refractivity contribution in [3.8, 4) is 12.1 Å². The maximum absolute atomic E-state index is 13.1. The zero-order valence-corrected chi connectivity index (χ0v) is 15.6. The summed E-state index contributed by atoms with van der Waals surface area (Å²) in [6.07, 6.45) is 3.83. The number of piperidine rings is 1. The lowest BCUT2D eigenvalue weighted by molar-refractivity contribution is -0.124. The van der Waals surface area contributed by atoms with E-state index in [9.17, 15) is 13.2 Å². The lowest BCUT2D eigenvalue weighted by Crippen LogP contribution is -2.28. The number of hydrogen-bond donors (Lipinski definition) is 0. The van der Waals surface area contributed by atoms with Crippen LogP contribution in [0, 0.1) is 22.7 Å². The predicted octanol–water partition coefficient (Wildman–Crippen LogP) is 5.46. The van der Waals surface area contributed by atoms with Crippen molar-refractivity contribution in [3.05, 3.63) is 57.9 Å². The lowest BCUT2D eigenvalue weighted by Gasteiger charge is -2.27. The van der Waals surface area contributed by atoms with Crippen molar-refractivity contribution in [1.82, 2.24) is 0 Å². The molecule has 1 aromatic rings. The van der Waals surface area contributed by atoms with Gasteiger partial charge in [-0.05, 0) is 55.7 Å². The molecule has 2 aliphatic heterocycles. The minimum atomic E-state index is -4.72. The molecule has 3 rings (SSSR count). The van der Waals surface area contributed by atoms with Crippen LogP contribution in [0.4, 0.5) is 18.2 Å². The van der Waals surface area contributed by atoms with E-state index in [2.05, 4.69) is 4.90 Å². The second kappa shape index (κ2) is 8.37. The van der Waals surface area contributed by atoms with E-state index in [1.54, 1.807) is 29.6 Å². The molecule has 144 valence electrons. The third-order valence-corrected chi connectivity index (χ3v) is 5.41. The van der Waals surface area contributed by atoms with Crippen molar-refractivity contribution >= 4 is 22.4 Å². The standard InChI is InChI=1S/C20H16F3N3OS/c21-20(22,23)18-11-14(15(12-24)13-25)10-16(27-18)4-5-17-6-7-19(28-17)26-8-2-1-3-9-26/h4-7,10-11H,1-3,8-9H2/b5-4+. The van der Waals surface area contributed by atoms with Gasteiger partial charge < -0.3 is 9.64 Å². The Morgan fingerprint density at radius 1 is 1.07 bits per heavy atom. The predicted molar refractivity (Wildman–Crippen MR) is 101 cm³/mol. The summed E-state index contributed by atoms with van der Waals surface area (Å²) in [4.78, 5) is 3.18. The van der Waals surface area contributed by atoms with Gasteiger partial charge in [0, 0.05) is 23.5 Å². The second-order valence-corrected chi connectivity index (χ2v) is 7.36. The van der Waals surface area contributed by atoms with Crippen molar-refractivity contribution in [2.24, 2.45) is 0 Å². The summed E-state index contributed by atoms with van der Waals surface area (Å²) >= 11 is 1.55. The number of halogens is 3. The quantitative estimate of drug-likeness (QED) is 0.629. The van der Waals surface area contributed by atoms with E-state index in [1.807, 2.05) is 12.1 Å². The molecule has 8 heteroatoms. The van der Waals surface area contributed by atoms with E-state index >= 15 is 0 Å². The lowest BCUT2D eigenvalue weighted by atomic mass is 10.1. The maximum Gasteiger partial charge on any atom is 0.449 e. The molecule has 1 fully saturated rings. The summed E-state index contributed by atoms with van der Waals surface area (Å²) in [5, 5.41) is 19.0. The van der Waals surface area contributed by atoms with Crippen LogP contribution in [0.3, 0.4) is 0 Å². The van der Waals surface area contributed by atoms with Crippen LogP contribution in [0.2, 0.25) is 0 Å². The summed E-state index contributed by atoms with van der Waals surface area (Å²) in [5.74, 6) is -1.34. The van der Waals surface area contributed by atoms with Crippen molar-refractivity contribution < 1.29 is 17.9 Å². The first-order valence-electron chi connectivity index (χ1n) is 8.66. The SMILES string of the molecule is N#CC(C#N)=C1C=C(/C=C/c2ccc(N3CCCCC3)s2)OC(C(F)(F)F)=C1. The van der Waals surface area contributed by atoms with E-state index < -0.39 is 17.5 Å². The summed E-state index contributed by atoms with van der Waals surface area (Å²) in [6.45, 7) is 2.02. The van der Waals surface area contributed by atoms with Crippen LogP contribution >= 0.6 is 11.3 Å². The number of alkyl halides is 3. The van der Waals surface area contributed by atoms with Crippen molar-refractivity contribution in [3.63, 3.8) is 0 Å². The van der Waals surface area contributed by atoms with E-state index in [-0.39, 0.29) is 11.3 Å². The van der Waals surface area contributed by atoms with Gasteiger partial charge in [0.05, 0.1) is 5.00 Å². The molecule has 0 saturated carbocycles. The Hall–Kier alpha value is -2.97. The van der Waals surface area contributed by atoms with Gasteiger partial charge in [0.2, 0.25) is 5.76 Å². The molecule has 0 bridgehead atoms. The number of ether oxygens (including phenoxy) is 1. The highest BCUT2D eigenvalue weighted by molar-refractivity contribution is 7.16. The molecule has 0 amide bonds. The van der Waals surface area contributed by atoms with Crippen LogP contribution in [0.5, 0.6) is 0 Å². The molecule has 0 N–H and O–H groups in total. The summed E-state index contributed by atoms with van der Waals surface area (Å²) < 4.78 is 44.2. The summed E-state index contributed by atoms with van der Waals surface area (Å²) in [5.41, 5.74) is -0.525. The molecule has 0 aromatic carbocycles. The van der Waals surface area contributed by atoms with E-state index in [1.165, 1.54) is 18.6 Å². The Balaban J connectivity index is 1.83. The molecule has 0 unspecified atom stereocenters. The normalized spacial score (nSPS) is 17.5. The number of nitriles is 2. The largest absolute Gasteiger partial charge is 0.452 e. The van der Waals surface area contributed by atoms with Crippen LogP contribution in [0.1, 0.15) is 24.1 Å². The molecule has 3 heterocycles. The van der Waals surface area contributed by atoms with E-state index in [0.717, 1.165) is 35.8 Å². The Morgan fingerprint density at radius 3 is 2.43 bits per heavy atom. The minimum absolute atomic E-state index is 0.0826. The molecule has 0 aliphatic carbocycles. The first kappa shape index (κ1) is 19.8. The van der Waals surface area contributed by atoms with Gasteiger partial charge in [-0.15, -0.1) is 11.3 Å². The van der Waals surface area contributed by atoms with Gasteiger partial charge in [0.25, 0.3) is 0 Å². The Bertz CT molecular complexity index is 933. The molecule has 28 heavy (non-hydrogen) atoms. The summed E-state index contributed by atoms with van der Waals surface area (Å²) in [6, 6.07) is 7.12. The number of hydrogen-bond acceptors (Lipinski definition) is 5. The molecule has 0 atom stereocenters. The number of nitrogens with zero attached hydrogens (tertiary/aromatic N) is 3. The van der Waals surface area contributed by atoms with Gasteiger partial charge in [-0.1, -0.05) is 0 Å². The number of anilines is 1. The Labute approximate surface area is 164 Å². The van der Waals surface area contributed by atoms with Crippen LogP contribution in [0.15, 0.2) is 53.0 Å². The summed E-state index contributed by atoms with van der Waals surface area (Å²) in [7, 11) is 0. The van der Waals surface area contributed by atoms with Crippen molar-refractivity contribution in [1.29, 1.82) is 10.5 Å². The Morgan fingerprint density at radius 2 is 1.79 bits per heavy atom. The van der Waals surface area contributed by atoms with E-state index in [0.29, 0.717) is 6.08 Å². The van der Waals surface area contributed by atoms with Gasteiger partial charge in [-0.3, -0.25) is 0 Å². The highest BCUT2D eigenvalue weighted by Crippen LogP contribution is 2.35. The molecule has 1 aromatic heterocycles. The van der Waals surface area contributed by atoms with Gasteiger partial charge in [-0.25, -0.2) is 0 Å². The fraction of sp³-hybridized carbons (Fsp3) is 0.300. The molecule has 0 radical (unpaired) electrons. The number of rotatable bonds is 3. The van der Waals surface area contributed by atoms with Crippen molar-refractivity contribution in [2.45, 2.75) is 25.4 Å². The molecule has 4 nitrogen and oxygen atoms in total. The van der Waals surface area contributed by atoms with Crippen LogP contribution in [0.25, 0.3) is 6.08 Å². The monoisotopic (exact) mass is 403 g/mol. The minimum Gasteiger partial charge on any atom is -0.452 e. The average Bonchev–Trinajstić information content (AvgIpc) is 3.16. The number of allylic oxidation sites excluding steroid dienone is 6. The topological polar surface area (TPSA) is 60.0 Å². The second-order valence-electron chi connectivity index (χ2n) is 6.27. The Kier molecular flexibility index (Phi) is 5.91. The van der Waals surface area contributed by atoms with Gasteiger partial charge >= 0.3 is 6.18 Å². The van der Waals surface area contributed by atoms with E-state index in [4.69, 9.17) is 15.3 Å². The zero-order valence-electron chi connectivity index (χ0n) is 14.8. The fourth-order valence-corrected chi connectivity index (χ4v) is 3.88. The first-order valence-corrected chi connectivity index (χ1v) is 9.48. The maximum atomic E-state index is 13.1. The van der Waals surface area contributed by atoms with Crippen LogP contribution in [-0.4, -0.2) is 19.3 Å². The molecule has 1 saturated heterocycles. The average molecular weight is 403 g/mol. The highest BCUT2D eigenvalue weighted by atomic mass is 32.1. The smallest absolute Gasteiger partial charge is 0.449 e. The van der Waals surface area contributed by atoms with Gasteiger partial charge in [0.1, 0.15) is 23.5 Å². The molecule has 0 spiro atoms. The molecular formula is C20H16F3N3OS. The van der Waals surface area contributed by atoms with Crippen LogP contribution < -0.4 is 4.90 Å². The third-order valence-electron chi connectivity index (χ3n) is 4.30. The first-order chi connectivity index (χ1) is 13.4. The molecular weight excluding hydrogens is 387 g/mol. The van der Waals surface area contributed by atoms with Gasteiger partial charge in [-0.2, -0.15) is 23.7 Å². The number of thiophene rings is 1. The highest BCUT2D eigenvalue weighted by Gasteiger charge is 2.38. The van der Waals surface area contributed by atoms with Gasteiger partial charge in [0.15, 0.2) is 0 Å². The van der Waals surface area contributed by atoms with Crippen molar-refractivity contribution in [2.75, 3.05) is 18.0 Å². The molecule has 2 aliphatic rings. The fourth-order valence-electron chi connectivity index (χ4n) is 2.92. The zero-order chi connectivity index (χ0) is 20.1.